The Balaban J connectivity index is 1.46. The van der Waals surface area contributed by atoms with E-state index in [9.17, 15) is 14.0 Å². The maximum absolute atomic E-state index is 13.7. The van der Waals surface area contributed by atoms with Crippen molar-refractivity contribution in [3.05, 3.63) is 94.2 Å². The molecule has 1 fully saturated rings. The minimum Gasteiger partial charge on any atom is -0.483 e. The number of para-hydroxylation sites is 2. The van der Waals surface area contributed by atoms with Gasteiger partial charge in [0.15, 0.2) is 6.61 Å². The molecule has 0 saturated heterocycles. The van der Waals surface area contributed by atoms with Crippen molar-refractivity contribution in [2.24, 2.45) is 0 Å². The van der Waals surface area contributed by atoms with Gasteiger partial charge in [0.1, 0.15) is 11.6 Å². The predicted octanol–water partition coefficient (Wildman–Crippen LogP) is 5.41. The number of hydrogen-bond donors (Lipinski definition) is 1. The number of carbonyl (C=O) groups excluding carboxylic acids is 2. The van der Waals surface area contributed by atoms with Crippen molar-refractivity contribution in [1.82, 2.24) is 4.90 Å². The van der Waals surface area contributed by atoms with Crippen molar-refractivity contribution < 1.29 is 18.7 Å². The Morgan fingerprint density at radius 3 is 2.53 bits per heavy atom. The van der Waals surface area contributed by atoms with Crippen molar-refractivity contribution in [3.63, 3.8) is 0 Å². The van der Waals surface area contributed by atoms with Crippen LogP contribution in [0.2, 0.25) is 0 Å². The molecule has 3 aromatic carbocycles. The molecule has 0 unspecified atom stereocenters. The van der Waals surface area contributed by atoms with Gasteiger partial charge < -0.3 is 15.0 Å². The number of benzene rings is 3. The van der Waals surface area contributed by atoms with Crippen LogP contribution >= 0.6 is 15.9 Å². The van der Waals surface area contributed by atoms with E-state index in [2.05, 4.69) is 21.2 Å². The molecule has 32 heavy (non-hydrogen) atoms. The topological polar surface area (TPSA) is 58.6 Å². The lowest BCUT2D eigenvalue weighted by Crippen LogP contribution is -2.33. The number of anilines is 1. The summed E-state index contributed by atoms with van der Waals surface area (Å²) in [5, 5.41) is 2.48. The largest absolute Gasteiger partial charge is 0.483 e. The summed E-state index contributed by atoms with van der Waals surface area (Å²) in [6.07, 6.45) is 1.93. The van der Waals surface area contributed by atoms with Crippen LogP contribution in [0.25, 0.3) is 0 Å². The van der Waals surface area contributed by atoms with Gasteiger partial charge in [-0.05, 0) is 54.8 Å². The van der Waals surface area contributed by atoms with E-state index in [1.54, 1.807) is 36.4 Å². The minimum absolute atomic E-state index is 0.0828. The van der Waals surface area contributed by atoms with Crippen molar-refractivity contribution in [3.8, 4) is 5.75 Å². The fraction of sp³-hybridized carbons (Fsp3) is 0.200. The van der Waals surface area contributed by atoms with E-state index in [1.807, 2.05) is 29.2 Å². The molecule has 0 aromatic heterocycles. The number of halogens is 2. The first-order valence-corrected chi connectivity index (χ1v) is 11.1. The highest BCUT2D eigenvalue weighted by Crippen LogP contribution is 2.32. The standard InChI is InChI=1S/C25H22BrFN2O3/c26-18-7-5-6-17(14-18)15-29(19-12-13-19)25(31)20-8-1-4-11-23(20)32-16-24(30)28-22-10-3-2-9-21(22)27/h1-11,14,19H,12-13,15-16H2,(H,28,30). The molecular formula is C25H22BrFN2O3. The van der Waals surface area contributed by atoms with Gasteiger partial charge in [-0.2, -0.15) is 0 Å². The van der Waals surface area contributed by atoms with Crippen molar-refractivity contribution >= 4 is 33.4 Å². The zero-order valence-electron chi connectivity index (χ0n) is 17.3. The van der Waals surface area contributed by atoms with Crippen LogP contribution in [0.4, 0.5) is 10.1 Å². The van der Waals surface area contributed by atoms with Gasteiger partial charge in [-0.25, -0.2) is 4.39 Å². The maximum atomic E-state index is 13.7. The van der Waals surface area contributed by atoms with Crippen LogP contribution in [0.1, 0.15) is 28.8 Å². The molecule has 164 valence electrons. The molecule has 1 aliphatic rings. The van der Waals surface area contributed by atoms with E-state index in [-0.39, 0.29) is 24.2 Å². The summed E-state index contributed by atoms with van der Waals surface area (Å²) in [7, 11) is 0. The first-order valence-electron chi connectivity index (χ1n) is 10.3. The number of ether oxygens (including phenoxy) is 1. The number of nitrogens with zero attached hydrogens (tertiary/aromatic N) is 1. The van der Waals surface area contributed by atoms with Gasteiger partial charge in [-0.15, -0.1) is 0 Å². The highest BCUT2D eigenvalue weighted by molar-refractivity contribution is 9.10. The third-order valence-corrected chi connectivity index (χ3v) is 5.61. The second kappa shape index (κ2) is 9.96. The lowest BCUT2D eigenvalue weighted by Gasteiger charge is -2.24. The summed E-state index contributed by atoms with van der Waals surface area (Å²) in [5.74, 6) is -0.853. The highest BCUT2D eigenvalue weighted by atomic mass is 79.9. The van der Waals surface area contributed by atoms with Crippen LogP contribution in [0.3, 0.4) is 0 Å². The van der Waals surface area contributed by atoms with Crippen LogP contribution < -0.4 is 10.1 Å². The van der Waals surface area contributed by atoms with Crippen molar-refractivity contribution in [2.45, 2.75) is 25.4 Å². The van der Waals surface area contributed by atoms with Crippen molar-refractivity contribution in [2.75, 3.05) is 11.9 Å². The maximum Gasteiger partial charge on any atom is 0.262 e. The Labute approximate surface area is 194 Å². The van der Waals surface area contributed by atoms with Gasteiger partial charge in [0.25, 0.3) is 11.8 Å². The van der Waals surface area contributed by atoms with Crippen LogP contribution in [0.15, 0.2) is 77.3 Å². The first kappa shape index (κ1) is 22.0. The van der Waals surface area contributed by atoms with Gasteiger partial charge >= 0.3 is 0 Å². The zero-order valence-corrected chi connectivity index (χ0v) is 18.8. The summed E-state index contributed by atoms with van der Waals surface area (Å²) in [5.41, 5.74) is 1.51. The van der Waals surface area contributed by atoms with E-state index in [4.69, 9.17) is 4.74 Å². The third kappa shape index (κ3) is 5.53. The van der Waals surface area contributed by atoms with Gasteiger partial charge in [0, 0.05) is 17.1 Å². The van der Waals surface area contributed by atoms with E-state index in [1.165, 1.54) is 12.1 Å². The summed E-state index contributed by atoms with van der Waals surface area (Å²) >= 11 is 3.48. The highest BCUT2D eigenvalue weighted by Gasteiger charge is 2.34. The SMILES string of the molecule is O=C(COc1ccccc1C(=O)N(Cc1cccc(Br)c1)C1CC1)Nc1ccccc1F. The molecule has 7 heteroatoms. The first-order chi connectivity index (χ1) is 15.5. The van der Waals surface area contributed by atoms with E-state index >= 15 is 0 Å². The lowest BCUT2D eigenvalue weighted by molar-refractivity contribution is -0.118. The number of amides is 2. The average molecular weight is 497 g/mol. The zero-order chi connectivity index (χ0) is 22.5. The number of carbonyl (C=O) groups is 2. The van der Waals surface area contributed by atoms with Gasteiger partial charge in [0.05, 0.1) is 11.3 Å². The lowest BCUT2D eigenvalue weighted by atomic mass is 10.1. The molecule has 0 spiro atoms. The molecule has 0 atom stereocenters. The molecule has 5 nitrogen and oxygen atoms in total. The minimum atomic E-state index is -0.524. The smallest absolute Gasteiger partial charge is 0.262 e. The van der Waals surface area contributed by atoms with Crippen LogP contribution in [0.5, 0.6) is 5.75 Å². The third-order valence-electron chi connectivity index (χ3n) is 5.11. The number of hydrogen-bond acceptors (Lipinski definition) is 3. The Hall–Kier alpha value is -3.19. The summed E-state index contributed by atoms with van der Waals surface area (Å²) in [4.78, 5) is 27.5. The van der Waals surface area contributed by atoms with E-state index in [0.29, 0.717) is 17.9 Å². The second-order valence-electron chi connectivity index (χ2n) is 7.61. The Morgan fingerprint density at radius 1 is 1.03 bits per heavy atom. The van der Waals surface area contributed by atoms with Gasteiger partial charge in [-0.1, -0.05) is 52.3 Å². The molecule has 2 amide bonds. The fourth-order valence-electron chi connectivity index (χ4n) is 3.40. The summed E-state index contributed by atoms with van der Waals surface area (Å²) in [6, 6.07) is 20.9. The van der Waals surface area contributed by atoms with Crippen LogP contribution in [-0.2, 0) is 11.3 Å². The Bertz CT molecular complexity index is 1130. The summed E-state index contributed by atoms with van der Waals surface area (Å²) in [6.45, 7) is 0.152. The van der Waals surface area contributed by atoms with Crippen LogP contribution in [0, 0.1) is 5.82 Å². The summed E-state index contributed by atoms with van der Waals surface area (Å²) < 4.78 is 20.4. The average Bonchev–Trinajstić information content (AvgIpc) is 3.63. The molecule has 0 aliphatic heterocycles. The molecule has 0 bridgehead atoms. The van der Waals surface area contributed by atoms with Gasteiger partial charge in [0.2, 0.25) is 0 Å². The number of rotatable bonds is 8. The molecule has 1 saturated carbocycles. The van der Waals surface area contributed by atoms with Crippen LogP contribution in [-0.4, -0.2) is 29.4 Å². The molecule has 3 aromatic rings. The molecular weight excluding hydrogens is 475 g/mol. The number of nitrogens with one attached hydrogen (secondary N) is 1. The monoisotopic (exact) mass is 496 g/mol. The van der Waals surface area contributed by atoms with Gasteiger partial charge in [-0.3, -0.25) is 9.59 Å². The molecule has 1 aliphatic carbocycles. The van der Waals surface area contributed by atoms with Crippen molar-refractivity contribution in [1.29, 1.82) is 0 Å². The Kier molecular flexibility index (Phi) is 6.85. The predicted molar refractivity (Wildman–Crippen MR) is 124 cm³/mol. The Morgan fingerprint density at radius 2 is 1.78 bits per heavy atom. The normalized spacial score (nSPS) is 12.8. The molecule has 4 rings (SSSR count). The fourth-order valence-corrected chi connectivity index (χ4v) is 3.85. The van der Waals surface area contributed by atoms with E-state index in [0.717, 1.165) is 22.9 Å². The van der Waals surface area contributed by atoms with E-state index < -0.39 is 11.7 Å². The second-order valence-corrected chi connectivity index (χ2v) is 8.52. The molecule has 0 heterocycles. The molecule has 1 N–H and O–H groups in total. The quantitative estimate of drug-likeness (QED) is 0.453. The molecule has 0 radical (unpaired) electrons.